The van der Waals surface area contributed by atoms with Crippen LogP contribution in [0.3, 0.4) is 0 Å². The third kappa shape index (κ3) is 1.94. The zero-order chi connectivity index (χ0) is 11.7. The molecule has 17 heavy (non-hydrogen) atoms. The summed E-state index contributed by atoms with van der Waals surface area (Å²) >= 11 is 5.77. The lowest BCUT2D eigenvalue weighted by Crippen LogP contribution is -1.98. The van der Waals surface area contributed by atoms with Crippen LogP contribution in [0.25, 0.3) is 11.2 Å². The minimum absolute atomic E-state index is 0.108. The lowest BCUT2D eigenvalue weighted by molar-refractivity contribution is 0.263. The number of nitrogens with one attached hydrogen (secondary N) is 1. The third-order valence-corrected chi connectivity index (χ3v) is 2.32. The summed E-state index contributed by atoms with van der Waals surface area (Å²) in [6.45, 7) is 0.266. The van der Waals surface area contributed by atoms with Crippen molar-refractivity contribution in [3.8, 4) is 5.88 Å². The van der Waals surface area contributed by atoms with Crippen molar-refractivity contribution in [2.75, 3.05) is 0 Å². The van der Waals surface area contributed by atoms with Crippen molar-refractivity contribution in [1.82, 2.24) is 19.9 Å². The standard InChI is InChI=1S/C10H7ClN4O2/c11-10-14-8-7(12-5-13-8)9(15-10)17-4-6-2-1-3-16-6/h1-3,5H,4H2,(H,12,13,14,15). The Morgan fingerprint density at radius 2 is 2.35 bits per heavy atom. The van der Waals surface area contributed by atoms with Crippen LogP contribution < -0.4 is 4.74 Å². The highest BCUT2D eigenvalue weighted by Gasteiger charge is 2.10. The number of hydrogen-bond donors (Lipinski definition) is 1. The Labute approximate surface area is 101 Å². The average molecular weight is 251 g/mol. The van der Waals surface area contributed by atoms with Crippen molar-refractivity contribution in [2.24, 2.45) is 0 Å². The van der Waals surface area contributed by atoms with Gasteiger partial charge in [0, 0.05) is 0 Å². The maximum Gasteiger partial charge on any atom is 0.247 e. The number of rotatable bonds is 3. The second-order valence-electron chi connectivity index (χ2n) is 3.27. The first kappa shape index (κ1) is 10.1. The molecule has 0 aliphatic rings. The molecule has 3 heterocycles. The highest BCUT2D eigenvalue weighted by molar-refractivity contribution is 6.28. The summed E-state index contributed by atoms with van der Waals surface area (Å²) in [5.41, 5.74) is 1.08. The van der Waals surface area contributed by atoms with E-state index in [1.165, 1.54) is 6.33 Å². The fraction of sp³-hybridized carbons (Fsp3) is 0.100. The van der Waals surface area contributed by atoms with Crippen LogP contribution in [0, 0.1) is 0 Å². The molecule has 0 unspecified atom stereocenters. The summed E-state index contributed by atoms with van der Waals surface area (Å²) in [4.78, 5) is 14.9. The van der Waals surface area contributed by atoms with E-state index in [-0.39, 0.29) is 11.9 Å². The van der Waals surface area contributed by atoms with Gasteiger partial charge in [0.05, 0.1) is 12.6 Å². The Balaban J connectivity index is 1.91. The van der Waals surface area contributed by atoms with Crippen LogP contribution in [0.2, 0.25) is 5.28 Å². The average Bonchev–Trinajstić information content (AvgIpc) is 2.95. The van der Waals surface area contributed by atoms with Gasteiger partial charge in [0.25, 0.3) is 0 Å². The molecule has 0 saturated heterocycles. The third-order valence-electron chi connectivity index (χ3n) is 2.15. The Hall–Kier alpha value is -2.08. The number of halogens is 1. The second-order valence-corrected chi connectivity index (χ2v) is 3.60. The van der Waals surface area contributed by atoms with Crippen molar-refractivity contribution in [3.05, 3.63) is 35.8 Å². The summed E-state index contributed by atoms with van der Waals surface area (Å²) < 4.78 is 10.6. The Morgan fingerprint density at radius 1 is 1.41 bits per heavy atom. The number of fused-ring (bicyclic) bond motifs is 1. The van der Waals surface area contributed by atoms with Crippen molar-refractivity contribution < 1.29 is 9.15 Å². The fourth-order valence-electron chi connectivity index (χ4n) is 1.42. The summed E-state index contributed by atoms with van der Waals surface area (Å²) in [6.07, 6.45) is 3.09. The minimum atomic E-state index is 0.108. The quantitative estimate of drug-likeness (QED) is 0.721. The molecular formula is C10H7ClN4O2. The lowest BCUT2D eigenvalue weighted by Gasteiger charge is -2.03. The van der Waals surface area contributed by atoms with Gasteiger partial charge in [-0.25, -0.2) is 4.98 Å². The first-order chi connectivity index (χ1) is 8.33. The van der Waals surface area contributed by atoms with Gasteiger partial charge in [0.15, 0.2) is 11.2 Å². The van der Waals surface area contributed by atoms with Crippen molar-refractivity contribution in [3.63, 3.8) is 0 Å². The fourth-order valence-corrected chi connectivity index (χ4v) is 1.58. The Morgan fingerprint density at radius 3 is 3.18 bits per heavy atom. The minimum Gasteiger partial charge on any atom is -0.468 e. The number of nitrogens with zero attached hydrogens (tertiary/aromatic N) is 3. The molecule has 0 fully saturated rings. The smallest absolute Gasteiger partial charge is 0.247 e. The number of aromatic amines is 1. The van der Waals surface area contributed by atoms with Crippen LogP contribution in [0.5, 0.6) is 5.88 Å². The second kappa shape index (κ2) is 4.06. The van der Waals surface area contributed by atoms with Gasteiger partial charge in [0.2, 0.25) is 11.2 Å². The predicted molar refractivity (Wildman–Crippen MR) is 59.7 cm³/mol. The summed E-state index contributed by atoms with van der Waals surface area (Å²) in [5, 5.41) is 0.108. The Kier molecular flexibility index (Phi) is 2.41. The molecule has 0 spiro atoms. The van der Waals surface area contributed by atoms with E-state index in [0.29, 0.717) is 22.8 Å². The zero-order valence-corrected chi connectivity index (χ0v) is 9.31. The lowest BCUT2D eigenvalue weighted by atomic mass is 10.5. The molecule has 3 aromatic rings. The van der Waals surface area contributed by atoms with E-state index in [1.807, 2.05) is 6.07 Å². The van der Waals surface area contributed by atoms with Crippen LogP contribution in [0.4, 0.5) is 0 Å². The largest absolute Gasteiger partial charge is 0.468 e. The molecule has 86 valence electrons. The van der Waals surface area contributed by atoms with Crippen molar-refractivity contribution >= 4 is 22.8 Å². The summed E-state index contributed by atoms with van der Waals surface area (Å²) in [5.74, 6) is 1.03. The number of ether oxygens (including phenoxy) is 1. The van der Waals surface area contributed by atoms with Gasteiger partial charge < -0.3 is 14.1 Å². The number of H-pyrrole nitrogens is 1. The van der Waals surface area contributed by atoms with Crippen molar-refractivity contribution in [2.45, 2.75) is 6.61 Å². The highest BCUT2D eigenvalue weighted by atomic mass is 35.5. The molecule has 7 heteroatoms. The van der Waals surface area contributed by atoms with Crippen LogP contribution in [0.15, 0.2) is 29.1 Å². The molecule has 0 aliphatic carbocycles. The van der Waals surface area contributed by atoms with Crippen LogP contribution >= 0.6 is 11.6 Å². The molecule has 0 atom stereocenters. The molecule has 0 radical (unpaired) electrons. The van der Waals surface area contributed by atoms with Gasteiger partial charge in [0.1, 0.15) is 12.4 Å². The normalized spacial score (nSPS) is 10.9. The first-order valence-electron chi connectivity index (χ1n) is 4.85. The number of furan rings is 1. The molecule has 0 bridgehead atoms. The van der Waals surface area contributed by atoms with Crippen LogP contribution in [0.1, 0.15) is 5.76 Å². The van der Waals surface area contributed by atoms with E-state index in [4.69, 9.17) is 20.8 Å². The van der Waals surface area contributed by atoms with E-state index in [1.54, 1.807) is 12.3 Å². The summed E-state index contributed by atoms with van der Waals surface area (Å²) in [6, 6.07) is 3.60. The monoisotopic (exact) mass is 250 g/mol. The molecular weight excluding hydrogens is 244 g/mol. The van der Waals surface area contributed by atoms with E-state index in [0.717, 1.165) is 0 Å². The molecule has 1 N–H and O–H groups in total. The van der Waals surface area contributed by atoms with E-state index in [2.05, 4.69) is 19.9 Å². The number of aromatic nitrogens is 4. The first-order valence-corrected chi connectivity index (χ1v) is 5.22. The molecule has 0 amide bonds. The molecule has 0 aromatic carbocycles. The molecule has 0 aliphatic heterocycles. The van der Waals surface area contributed by atoms with Crippen LogP contribution in [-0.4, -0.2) is 19.9 Å². The van der Waals surface area contributed by atoms with Gasteiger partial charge in [-0.15, -0.1) is 0 Å². The predicted octanol–water partition coefficient (Wildman–Crippen LogP) is 2.18. The molecule has 6 nitrogen and oxygen atoms in total. The SMILES string of the molecule is Clc1nc(OCc2ccco2)c2nc[nH]c2n1. The van der Waals surface area contributed by atoms with Gasteiger partial charge >= 0.3 is 0 Å². The summed E-state index contributed by atoms with van der Waals surface area (Å²) in [7, 11) is 0. The van der Waals surface area contributed by atoms with Gasteiger partial charge in [-0.2, -0.15) is 9.97 Å². The van der Waals surface area contributed by atoms with E-state index >= 15 is 0 Å². The zero-order valence-electron chi connectivity index (χ0n) is 8.55. The van der Waals surface area contributed by atoms with Gasteiger partial charge in [-0.05, 0) is 23.7 Å². The van der Waals surface area contributed by atoms with E-state index < -0.39 is 0 Å². The van der Waals surface area contributed by atoms with Gasteiger partial charge in [-0.3, -0.25) is 0 Å². The molecule has 3 rings (SSSR count). The Bertz CT molecular complexity index is 635. The maximum absolute atomic E-state index is 5.77. The molecule has 3 aromatic heterocycles. The number of imidazole rings is 1. The molecule has 0 saturated carbocycles. The highest BCUT2D eigenvalue weighted by Crippen LogP contribution is 2.21. The van der Waals surface area contributed by atoms with Crippen LogP contribution in [-0.2, 0) is 6.61 Å². The van der Waals surface area contributed by atoms with Crippen molar-refractivity contribution in [1.29, 1.82) is 0 Å². The number of hydrogen-bond acceptors (Lipinski definition) is 5. The maximum atomic E-state index is 5.77. The topological polar surface area (TPSA) is 76.8 Å². The van der Waals surface area contributed by atoms with Gasteiger partial charge in [-0.1, -0.05) is 0 Å². The van der Waals surface area contributed by atoms with E-state index in [9.17, 15) is 0 Å².